The average molecular weight is 195 g/mol. The van der Waals surface area contributed by atoms with Crippen LogP contribution in [0.3, 0.4) is 0 Å². The normalized spacial score (nSPS) is 14.9. The van der Waals surface area contributed by atoms with Crippen molar-refractivity contribution in [2.45, 2.75) is 26.0 Å². The zero-order valence-corrected chi connectivity index (χ0v) is 8.82. The fourth-order valence-electron chi connectivity index (χ4n) is 1.39. The molecule has 0 amide bonds. The van der Waals surface area contributed by atoms with Gasteiger partial charge in [-0.25, -0.2) is 0 Å². The van der Waals surface area contributed by atoms with E-state index in [0.717, 1.165) is 16.9 Å². The third kappa shape index (κ3) is 2.25. The molecule has 14 heavy (non-hydrogen) atoms. The van der Waals surface area contributed by atoms with Gasteiger partial charge in [0.15, 0.2) is 0 Å². The molecule has 0 heterocycles. The third-order valence-electron chi connectivity index (χ3n) is 2.32. The first-order valence-corrected chi connectivity index (χ1v) is 4.64. The summed E-state index contributed by atoms with van der Waals surface area (Å²) in [6.07, 6.45) is -0.539. The summed E-state index contributed by atoms with van der Waals surface area (Å²) < 4.78 is 5.14. The van der Waals surface area contributed by atoms with Crippen LogP contribution in [0.4, 0.5) is 0 Å². The standard InChI is InChI=1S/C11H17NO2/c1-7-6-9(11(12)8(2)13)4-5-10(7)14-3/h4-6,8,11,13H,12H2,1-3H3/t8-,11-/m0/s1. The first-order chi connectivity index (χ1) is 6.56. The molecular weight excluding hydrogens is 178 g/mol. The molecule has 0 bridgehead atoms. The van der Waals surface area contributed by atoms with Crippen molar-refractivity contribution in [3.63, 3.8) is 0 Å². The fourth-order valence-corrected chi connectivity index (χ4v) is 1.39. The van der Waals surface area contributed by atoms with Crippen LogP contribution in [0.1, 0.15) is 24.1 Å². The second kappa shape index (κ2) is 4.44. The second-order valence-electron chi connectivity index (χ2n) is 3.50. The van der Waals surface area contributed by atoms with Gasteiger partial charge >= 0.3 is 0 Å². The van der Waals surface area contributed by atoms with Gasteiger partial charge in [0, 0.05) is 0 Å². The summed E-state index contributed by atoms with van der Waals surface area (Å²) in [5.41, 5.74) is 7.77. The molecule has 3 heteroatoms. The molecule has 1 aromatic rings. The van der Waals surface area contributed by atoms with Crippen LogP contribution in [0.2, 0.25) is 0 Å². The SMILES string of the molecule is COc1ccc([C@@H](N)[C@H](C)O)cc1C. The molecule has 0 unspecified atom stereocenters. The number of aliphatic hydroxyl groups is 1. The Labute approximate surface area is 84.5 Å². The predicted molar refractivity (Wildman–Crippen MR) is 56.3 cm³/mol. The van der Waals surface area contributed by atoms with Crippen molar-refractivity contribution in [2.24, 2.45) is 5.73 Å². The van der Waals surface area contributed by atoms with Gasteiger partial charge in [0.2, 0.25) is 0 Å². The predicted octanol–water partition coefficient (Wildman–Crippen LogP) is 1.38. The largest absolute Gasteiger partial charge is 0.496 e. The van der Waals surface area contributed by atoms with Crippen LogP contribution < -0.4 is 10.5 Å². The Kier molecular flexibility index (Phi) is 3.49. The van der Waals surface area contributed by atoms with E-state index in [4.69, 9.17) is 10.5 Å². The number of rotatable bonds is 3. The Morgan fingerprint density at radius 3 is 2.50 bits per heavy atom. The Morgan fingerprint density at radius 1 is 1.43 bits per heavy atom. The molecule has 0 spiro atoms. The molecule has 0 aliphatic carbocycles. The Morgan fingerprint density at radius 2 is 2.07 bits per heavy atom. The van der Waals surface area contributed by atoms with E-state index in [1.165, 1.54) is 0 Å². The van der Waals surface area contributed by atoms with E-state index in [-0.39, 0.29) is 6.04 Å². The molecular formula is C11H17NO2. The zero-order valence-electron chi connectivity index (χ0n) is 8.82. The van der Waals surface area contributed by atoms with Crippen LogP contribution >= 0.6 is 0 Å². The van der Waals surface area contributed by atoms with Crippen LogP contribution in [-0.2, 0) is 0 Å². The number of nitrogens with two attached hydrogens (primary N) is 1. The molecule has 1 rings (SSSR count). The van der Waals surface area contributed by atoms with Gasteiger partial charge in [-0.1, -0.05) is 12.1 Å². The molecule has 2 atom stereocenters. The lowest BCUT2D eigenvalue weighted by Gasteiger charge is -2.16. The molecule has 0 radical (unpaired) electrons. The first kappa shape index (κ1) is 11.0. The summed E-state index contributed by atoms with van der Waals surface area (Å²) in [5.74, 6) is 0.839. The number of aliphatic hydroxyl groups excluding tert-OH is 1. The molecule has 0 aromatic heterocycles. The Hall–Kier alpha value is -1.06. The van der Waals surface area contributed by atoms with Crippen LogP contribution in [0, 0.1) is 6.92 Å². The topological polar surface area (TPSA) is 55.5 Å². The van der Waals surface area contributed by atoms with E-state index in [9.17, 15) is 5.11 Å². The number of ether oxygens (including phenoxy) is 1. The lowest BCUT2D eigenvalue weighted by Crippen LogP contribution is -2.23. The number of hydrogen-bond acceptors (Lipinski definition) is 3. The monoisotopic (exact) mass is 195 g/mol. The molecule has 0 fully saturated rings. The van der Waals surface area contributed by atoms with Crippen molar-refractivity contribution < 1.29 is 9.84 Å². The highest BCUT2D eigenvalue weighted by molar-refractivity contribution is 5.37. The lowest BCUT2D eigenvalue weighted by atomic mass is 10.0. The Bertz CT molecular complexity index is 310. The molecule has 3 nitrogen and oxygen atoms in total. The summed E-state index contributed by atoms with van der Waals surface area (Å²) in [5, 5.41) is 9.34. The molecule has 78 valence electrons. The van der Waals surface area contributed by atoms with Gasteiger partial charge in [0.05, 0.1) is 19.3 Å². The smallest absolute Gasteiger partial charge is 0.121 e. The van der Waals surface area contributed by atoms with E-state index in [2.05, 4.69) is 0 Å². The van der Waals surface area contributed by atoms with Crippen LogP contribution in [0.25, 0.3) is 0 Å². The molecule has 0 aliphatic heterocycles. The van der Waals surface area contributed by atoms with Crippen molar-refractivity contribution in [3.05, 3.63) is 29.3 Å². The van der Waals surface area contributed by atoms with E-state index in [1.807, 2.05) is 25.1 Å². The van der Waals surface area contributed by atoms with E-state index in [1.54, 1.807) is 14.0 Å². The van der Waals surface area contributed by atoms with Crippen LogP contribution in [0.5, 0.6) is 5.75 Å². The minimum Gasteiger partial charge on any atom is -0.496 e. The van der Waals surface area contributed by atoms with E-state index >= 15 is 0 Å². The van der Waals surface area contributed by atoms with E-state index in [0.29, 0.717) is 0 Å². The molecule has 0 saturated heterocycles. The summed E-state index contributed by atoms with van der Waals surface area (Å²) in [6.45, 7) is 3.64. The maximum Gasteiger partial charge on any atom is 0.121 e. The third-order valence-corrected chi connectivity index (χ3v) is 2.32. The zero-order chi connectivity index (χ0) is 10.7. The van der Waals surface area contributed by atoms with Gasteiger partial charge in [-0.05, 0) is 31.0 Å². The highest BCUT2D eigenvalue weighted by atomic mass is 16.5. The van der Waals surface area contributed by atoms with Crippen molar-refractivity contribution in [2.75, 3.05) is 7.11 Å². The minimum atomic E-state index is -0.539. The maximum absolute atomic E-state index is 9.34. The van der Waals surface area contributed by atoms with Crippen molar-refractivity contribution in [1.29, 1.82) is 0 Å². The summed E-state index contributed by atoms with van der Waals surface area (Å²) in [4.78, 5) is 0. The number of methoxy groups -OCH3 is 1. The first-order valence-electron chi connectivity index (χ1n) is 4.64. The lowest BCUT2D eigenvalue weighted by molar-refractivity contribution is 0.164. The number of benzene rings is 1. The van der Waals surface area contributed by atoms with Crippen LogP contribution in [-0.4, -0.2) is 18.3 Å². The fraction of sp³-hybridized carbons (Fsp3) is 0.455. The van der Waals surface area contributed by atoms with Crippen molar-refractivity contribution in [3.8, 4) is 5.75 Å². The molecule has 1 aromatic carbocycles. The molecule has 3 N–H and O–H groups in total. The van der Waals surface area contributed by atoms with Gasteiger partial charge < -0.3 is 15.6 Å². The average Bonchev–Trinajstić information content (AvgIpc) is 2.16. The maximum atomic E-state index is 9.34. The quantitative estimate of drug-likeness (QED) is 0.766. The van der Waals surface area contributed by atoms with Crippen LogP contribution in [0.15, 0.2) is 18.2 Å². The van der Waals surface area contributed by atoms with Gasteiger partial charge in [0.25, 0.3) is 0 Å². The van der Waals surface area contributed by atoms with Crippen molar-refractivity contribution >= 4 is 0 Å². The summed E-state index contributed by atoms with van der Waals surface area (Å²) in [6, 6.07) is 5.35. The van der Waals surface area contributed by atoms with Gasteiger partial charge in [0.1, 0.15) is 5.75 Å². The van der Waals surface area contributed by atoms with Gasteiger partial charge in [-0.15, -0.1) is 0 Å². The van der Waals surface area contributed by atoms with Gasteiger partial charge in [-0.3, -0.25) is 0 Å². The second-order valence-corrected chi connectivity index (χ2v) is 3.50. The summed E-state index contributed by atoms with van der Waals surface area (Å²) in [7, 11) is 1.64. The number of hydrogen-bond donors (Lipinski definition) is 2. The van der Waals surface area contributed by atoms with Gasteiger partial charge in [-0.2, -0.15) is 0 Å². The molecule has 0 saturated carbocycles. The highest BCUT2D eigenvalue weighted by Crippen LogP contribution is 2.22. The summed E-state index contributed by atoms with van der Waals surface area (Å²) >= 11 is 0. The van der Waals surface area contributed by atoms with Crippen molar-refractivity contribution in [1.82, 2.24) is 0 Å². The Balaban J connectivity index is 2.96. The highest BCUT2D eigenvalue weighted by Gasteiger charge is 2.12. The number of aryl methyl sites for hydroxylation is 1. The van der Waals surface area contributed by atoms with E-state index < -0.39 is 6.10 Å². The molecule has 0 aliphatic rings. The minimum absolute atomic E-state index is 0.334.